The molecule has 0 bridgehead atoms. The highest BCUT2D eigenvalue weighted by atomic mass is 16.5. The van der Waals surface area contributed by atoms with Gasteiger partial charge in [-0.1, -0.05) is 13.8 Å². The van der Waals surface area contributed by atoms with E-state index < -0.39 is 12.0 Å². The lowest BCUT2D eigenvalue weighted by atomic mass is 10.00. The molecule has 1 aliphatic rings. The standard InChI is InChI=1S/C11H21NO4/c1-8(2)9(10(13)14)12-6-11(15-3)4-5-16-7-11/h8-9,12H,4-7H2,1-3H3,(H,13,14). The second-order valence-electron chi connectivity index (χ2n) is 4.63. The van der Waals surface area contributed by atoms with Gasteiger partial charge in [0.1, 0.15) is 11.6 Å². The largest absolute Gasteiger partial charge is 0.480 e. The average Bonchev–Trinajstić information content (AvgIpc) is 2.66. The highest BCUT2D eigenvalue weighted by Gasteiger charge is 2.36. The lowest BCUT2D eigenvalue weighted by molar-refractivity contribution is -0.141. The van der Waals surface area contributed by atoms with Crippen molar-refractivity contribution in [3.63, 3.8) is 0 Å². The molecule has 0 radical (unpaired) electrons. The Hall–Kier alpha value is -0.650. The number of carboxylic acids is 1. The first-order chi connectivity index (χ1) is 7.51. The molecule has 0 aromatic rings. The minimum absolute atomic E-state index is 0.0497. The molecule has 1 rings (SSSR count). The van der Waals surface area contributed by atoms with E-state index in [1.807, 2.05) is 13.8 Å². The summed E-state index contributed by atoms with van der Waals surface area (Å²) in [5.41, 5.74) is -0.359. The highest BCUT2D eigenvalue weighted by molar-refractivity contribution is 5.73. The summed E-state index contributed by atoms with van der Waals surface area (Å²) in [5.74, 6) is -0.770. The van der Waals surface area contributed by atoms with E-state index in [2.05, 4.69) is 5.32 Å². The Kier molecular flexibility index (Phi) is 4.70. The Labute approximate surface area is 96.1 Å². The molecule has 1 heterocycles. The van der Waals surface area contributed by atoms with E-state index in [1.165, 1.54) is 0 Å². The van der Waals surface area contributed by atoms with Crippen LogP contribution in [0, 0.1) is 5.92 Å². The number of aliphatic carboxylic acids is 1. The predicted octanol–water partition coefficient (Wildman–Crippen LogP) is 0.491. The van der Waals surface area contributed by atoms with Crippen LogP contribution in [-0.2, 0) is 14.3 Å². The zero-order valence-corrected chi connectivity index (χ0v) is 10.2. The Balaban J connectivity index is 2.50. The highest BCUT2D eigenvalue weighted by Crippen LogP contribution is 2.21. The summed E-state index contributed by atoms with van der Waals surface area (Å²) in [4.78, 5) is 11.0. The molecule has 0 amide bonds. The summed E-state index contributed by atoms with van der Waals surface area (Å²) < 4.78 is 10.7. The van der Waals surface area contributed by atoms with Gasteiger partial charge in [-0.25, -0.2) is 0 Å². The monoisotopic (exact) mass is 231 g/mol. The Morgan fingerprint density at radius 2 is 2.31 bits per heavy atom. The van der Waals surface area contributed by atoms with Crippen molar-refractivity contribution in [3.8, 4) is 0 Å². The molecule has 1 saturated heterocycles. The van der Waals surface area contributed by atoms with Gasteiger partial charge in [0.2, 0.25) is 0 Å². The van der Waals surface area contributed by atoms with Gasteiger partial charge < -0.3 is 19.9 Å². The van der Waals surface area contributed by atoms with E-state index >= 15 is 0 Å². The molecule has 2 unspecified atom stereocenters. The summed E-state index contributed by atoms with van der Waals surface area (Å²) in [7, 11) is 1.64. The molecule has 5 nitrogen and oxygen atoms in total. The summed E-state index contributed by atoms with van der Waals surface area (Å²) >= 11 is 0. The van der Waals surface area contributed by atoms with E-state index in [0.717, 1.165) is 6.42 Å². The number of carbonyl (C=O) groups is 1. The van der Waals surface area contributed by atoms with Crippen molar-refractivity contribution >= 4 is 5.97 Å². The van der Waals surface area contributed by atoms with Crippen LogP contribution in [0.5, 0.6) is 0 Å². The summed E-state index contributed by atoms with van der Waals surface area (Å²) in [6.07, 6.45) is 0.806. The van der Waals surface area contributed by atoms with Gasteiger partial charge in [-0.05, 0) is 5.92 Å². The van der Waals surface area contributed by atoms with Gasteiger partial charge in [-0.2, -0.15) is 0 Å². The lowest BCUT2D eigenvalue weighted by Crippen LogP contribution is -2.50. The van der Waals surface area contributed by atoms with Crippen molar-refractivity contribution in [3.05, 3.63) is 0 Å². The number of nitrogens with one attached hydrogen (secondary N) is 1. The Morgan fingerprint density at radius 3 is 2.69 bits per heavy atom. The van der Waals surface area contributed by atoms with Gasteiger partial charge in [-0.3, -0.25) is 4.79 Å². The van der Waals surface area contributed by atoms with Gasteiger partial charge in [0.15, 0.2) is 0 Å². The fourth-order valence-corrected chi connectivity index (χ4v) is 1.87. The van der Waals surface area contributed by atoms with Crippen molar-refractivity contribution in [2.75, 3.05) is 26.9 Å². The molecule has 5 heteroatoms. The fraction of sp³-hybridized carbons (Fsp3) is 0.909. The zero-order chi connectivity index (χ0) is 12.2. The lowest BCUT2D eigenvalue weighted by Gasteiger charge is -2.29. The van der Waals surface area contributed by atoms with Crippen LogP contribution < -0.4 is 5.32 Å². The molecule has 16 heavy (non-hydrogen) atoms. The maximum atomic E-state index is 11.0. The number of ether oxygens (including phenoxy) is 2. The first-order valence-electron chi connectivity index (χ1n) is 5.60. The van der Waals surface area contributed by atoms with Crippen LogP contribution in [0.2, 0.25) is 0 Å². The van der Waals surface area contributed by atoms with Crippen LogP contribution in [-0.4, -0.2) is 49.6 Å². The normalized spacial score (nSPS) is 27.2. The third kappa shape index (κ3) is 3.17. The van der Waals surface area contributed by atoms with Crippen molar-refractivity contribution < 1.29 is 19.4 Å². The summed E-state index contributed by atoms with van der Waals surface area (Å²) in [5, 5.41) is 12.1. The summed E-state index contributed by atoms with van der Waals surface area (Å²) in [6.45, 7) is 5.49. The molecule has 0 saturated carbocycles. The van der Waals surface area contributed by atoms with Gasteiger partial charge >= 0.3 is 5.97 Å². The molecule has 0 aromatic carbocycles. The van der Waals surface area contributed by atoms with Gasteiger partial charge in [0, 0.05) is 26.7 Å². The van der Waals surface area contributed by atoms with E-state index in [4.69, 9.17) is 14.6 Å². The SMILES string of the molecule is COC1(CNC(C(=O)O)C(C)C)CCOC1. The number of rotatable bonds is 6. The average molecular weight is 231 g/mol. The van der Waals surface area contributed by atoms with E-state index in [1.54, 1.807) is 7.11 Å². The number of hydrogen-bond acceptors (Lipinski definition) is 4. The van der Waals surface area contributed by atoms with E-state index in [-0.39, 0.29) is 11.5 Å². The number of hydrogen-bond donors (Lipinski definition) is 2. The van der Waals surface area contributed by atoms with E-state index in [9.17, 15) is 4.79 Å². The van der Waals surface area contributed by atoms with Crippen molar-refractivity contribution in [2.45, 2.75) is 31.9 Å². The number of methoxy groups -OCH3 is 1. The molecule has 0 spiro atoms. The first-order valence-corrected chi connectivity index (χ1v) is 5.60. The topological polar surface area (TPSA) is 67.8 Å². The van der Waals surface area contributed by atoms with Gasteiger partial charge in [0.25, 0.3) is 0 Å². The summed E-state index contributed by atoms with van der Waals surface area (Å²) in [6, 6.07) is -0.535. The molecule has 2 N–H and O–H groups in total. The second kappa shape index (κ2) is 5.61. The van der Waals surface area contributed by atoms with Gasteiger partial charge in [0.05, 0.1) is 6.61 Å². The Bertz CT molecular complexity index is 236. The molecule has 2 atom stereocenters. The van der Waals surface area contributed by atoms with Crippen LogP contribution in [0.15, 0.2) is 0 Å². The van der Waals surface area contributed by atoms with Crippen LogP contribution in [0.25, 0.3) is 0 Å². The van der Waals surface area contributed by atoms with Crippen LogP contribution >= 0.6 is 0 Å². The maximum Gasteiger partial charge on any atom is 0.320 e. The molecular weight excluding hydrogens is 210 g/mol. The minimum atomic E-state index is -0.819. The van der Waals surface area contributed by atoms with Crippen LogP contribution in [0.1, 0.15) is 20.3 Å². The van der Waals surface area contributed by atoms with Crippen molar-refractivity contribution in [1.29, 1.82) is 0 Å². The third-order valence-electron chi connectivity index (χ3n) is 3.08. The van der Waals surface area contributed by atoms with Gasteiger partial charge in [-0.15, -0.1) is 0 Å². The van der Waals surface area contributed by atoms with Crippen molar-refractivity contribution in [1.82, 2.24) is 5.32 Å². The smallest absolute Gasteiger partial charge is 0.320 e. The zero-order valence-electron chi connectivity index (χ0n) is 10.2. The quantitative estimate of drug-likeness (QED) is 0.696. The maximum absolute atomic E-state index is 11.0. The van der Waals surface area contributed by atoms with Crippen LogP contribution in [0.4, 0.5) is 0 Å². The molecule has 1 fully saturated rings. The van der Waals surface area contributed by atoms with Crippen molar-refractivity contribution in [2.24, 2.45) is 5.92 Å². The molecule has 0 aliphatic carbocycles. The van der Waals surface area contributed by atoms with Crippen LogP contribution in [0.3, 0.4) is 0 Å². The minimum Gasteiger partial charge on any atom is -0.480 e. The molecule has 0 aromatic heterocycles. The molecular formula is C11H21NO4. The predicted molar refractivity (Wildman–Crippen MR) is 59.4 cm³/mol. The Morgan fingerprint density at radius 1 is 1.62 bits per heavy atom. The molecule has 1 aliphatic heterocycles. The van der Waals surface area contributed by atoms with E-state index in [0.29, 0.717) is 19.8 Å². The third-order valence-corrected chi connectivity index (χ3v) is 3.08. The first kappa shape index (κ1) is 13.4. The fourth-order valence-electron chi connectivity index (χ4n) is 1.87. The second-order valence-corrected chi connectivity index (χ2v) is 4.63. The molecule has 94 valence electrons. The number of carboxylic acid groups (broad SMARTS) is 1.